The van der Waals surface area contributed by atoms with Gasteiger partial charge >= 0.3 is 0 Å². The fourth-order valence-electron chi connectivity index (χ4n) is 3.66. The molecule has 1 amide bonds. The van der Waals surface area contributed by atoms with Crippen LogP contribution < -0.4 is 10.6 Å². The van der Waals surface area contributed by atoms with Gasteiger partial charge in [0, 0.05) is 29.0 Å². The molecule has 0 spiro atoms. The van der Waals surface area contributed by atoms with Gasteiger partial charge in [0.25, 0.3) is 0 Å². The van der Waals surface area contributed by atoms with Crippen LogP contribution in [0, 0.1) is 0 Å². The lowest BCUT2D eigenvalue weighted by molar-refractivity contribution is -0.119. The number of rotatable bonds is 4. The molecule has 3 nitrogen and oxygen atoms in total. The summed E-state index contributed by atoms with van der Waals surface area (Å²) in [7, 11) is 0. The second-order valence-electron chi connectivity index (χ2n) is 6.34. The smallest absolute Gasteiger partial charge is 0.220 e. The largest absolute Gasteiger partial charge is 0.352 e. The molecule has 4 heteroatoms. The Morgan fingerprint density at radius 3 is 2.76 bits per heavy atom. The van der Waals surface area contributed by atoms with Gasteiger partial charge in [-0.3, -0.25) is 4.79 Å². The summed E-state index contributed by atoms with van der Waals surface area (Å²) < 4.78 is 1.14. The first-order chi connectivity index (χ1) is 10.2. The van der Waals surface area contributed by atoms with Gasteiger partial charge in [-0.2, -0.15) is 0 Å². The van der Waals surface area contributed by atoms with Crippen LogP contribution in [0.25, 0.3) is 0 Å². The molecule has 0 unspecified atom stereocenters. The second kappa shape index (κ2) is 6.49. The Kier molecular flexibility index (Phi) is 4.65. The number of hydrogen-bond acceptors (Lipinski definition) is 2. The third kappa shape index (κ3) is 3.49. The van der Waals surface area contributed by atoms with Crippen molar-refractivity contribution in [2.75, 3.05) is 6.54 Å². The summed E-state index contributed by atoms with van der Waals surface area (Å²) in [6.07, 6.45) is 7.88. The van der Waals surface area contributed by atoms with Crippen molar-refractivity contribution in [1.29, 1.82) is 0 Å². The molecule has 2 aliphatic rings. The third-order valence-electron chi connectivity index (χ3n) is 4.86. The second-order valence-corrected chi connectivity index (χ2v) is 7.25. The highest BCUT2D eigenvalue weighted by atomic mass is 79.9. The van der Waals surface area contributed by atoms with Crippen LogP contribution >= 0.6 is 15.9 Å². The van der Waals surface area contributed by atoms with Crippen LogP contribution in [0.5, 0.6) is 0 Å². The Bertz CT molecular complexity index is 511. The molecule has 1 atom stereocenters. The minimum atomic E-state index is 0.0787. The van der Waals surface area contributed by atoms with Crippen LogP contribution in [0.1, 0.15) is 50.5 Å². The minimum Gasteiger partial charge on any atom is -0.352 e. The van der Waals surface area contributed by atoms with Gasteiger partial charge in [-0.1, -0.05) is 47.3 Å². The van der Waals surface area contributed by atoms with Crippen molar-refractivity contribution in [3.63, 3.8) is 0 Å². The summed E-state index contributed by atoms with van der Waals surface area (Å²) in [4.78, 5) is 11.4. The molecule has 114 valence electrons. The minimum absolute atomic E-state index is 0.0787. The highest BCUT2D eigenvalue weighted by molar-refractivity contribution is 9.10. The van der Waals surface area contributed by atoms with Gasteiger partial charge in [0.15, 0.2) is 0 Å². The first kappa shape index (κ1) is 15.0. The van der Waals surface area contributed by atoms with Crippen LogP contribution in [0.2, 0.25) is 0 Å². The molecule has 2 N–H and O–H groups in total. The summed E-state index contributed by atoms with van der Waals surface area (Å²) in [6, 6.07) is 8.97. The van der Waals surface area contributed by atoms with E-state index >= 15 is 0 Å². The lowest BCUT2D eigenvalue weighted by Gasteiger charge is -2.40. The summed E-state index contributed by atoms with van der Waals surface area (Å²) >= 11 is 3.59. The Balaban J connectivity index is 1.75. The lowest BCUT2D eigenvalue weighted by Crippen LogP contribution is -2.49. The standard InChI is InChI=1S/C17H23BrN2O/c18-14-6-4-5-13(11-14)17(9-2-1-3-10-17)19-12-15-7-8-16(21)20-15/h4-6,11,15,19H,1-3,7-10,12H2,(H,20,21)/t15-/m0/s1. The van der Waals surface area contributed by atoms with E-state index in [1.807, 2.05) is 0 Å². The van der Waals surface area contributed by atoms with E-state index in [0.29, 0.717) is 12.5 Å². The van der Waals surface area contributed by atoms with E-state index in [9.17, 15) is 4.79 Å². The number of amides is 1. The van der Waals surface area contributed by atoms with E-state index < -0.39 is 0 Å². The van der Waals surface area contributed by atoms with E-state index in [0.717, 1.165) is 17.4 Å². The van der Waals surface area contributed by atoms with Gasteiger partial charge in [0.1, 0.15) is 0 Å². The van der Waals surface area contributed by atoms with Crippen LogP contribution in [0.3, 0.4) is 0 Å². The van der Waals surface area contributed by atoms with E-state index in [2.05, 4.69) is 50.8 Å². The van der Waals surface area contributed by atoms with Crippen molar-refractivity contribution in [3.05, 3.63) is 34.3 Å². The number of carbonyl (C=O) groups is 1. The molecular weight excluding hydrogens is 328 g/mol. The zero-order valence-corrected chi connectivity index (χ0v) is 13.9. The molecular formula is C17H23BrN2O. The van der Waals surface area contributed by atoms with Crippen molar-refractivity contribution in [3.8, 4) is 0 Å². The van der Waals surface area contributed by atoms with E-state index in [4.69, 9.17) is 0 Å². The number of halogens is 1. The number of carbonyl (C=O) groups excluding carboxylic acids is 1. The first-order valence-electron chi connectivity index (χ1n) is 7.98. The molecule has 1 aromatic rings. The van der Waals surface area contributed by atoms with Crippen LogP contribution in [-0.2, 0) is 10.3 Å². The molecule has 21 heavy (non-hydrogen) atoms. The maximum Gasteiger partial charge on any atom is 0.220 e. The van der Waals surface area contributed by atoms with Crippen molar-refractivity contribution < 1.29 is 4.79 Å². The van der Waals surface area contributed by atoms with E-state index in [-0.39, 0.29) is 11.4 Å². The van der Waals surface area contributed by atoms with Gasteiger partial charge in [-0.15, -0.1) is 0 Å². The topological polar surface area (TPSA) is 41.1 Å². The van der Waals surface area contributed by atoms with Crippen molar-refractivity contribution in [2.45, 2.75) is 56.5 Å². The van der Waals surface area contributed by atoms with Crippen molar-refractivity contribution >= 4 is 21.8 Å². The molecule has 1 aliphatic heterocycles. The average molecular weight is 351 g/mol. The van der Waals surface area contributed by atoms with Crippen LogP contribution in [0.4, 0.5) is 0 Å². The molecule has 1 saturated heterocycles. The van der Waals surface area contributed by atoms with Crippen LogP contribution in [0.15, 0.2) is 28.7 Å². The Morgan fingerprint density at radius 2 is 2.10 bits per heavy atom. The fourth-order valence-corrected chi connectivity index (χ4v) is 4.06. The van der Waals surface area contributed by atoms with Gasteiger partial charge < -0.3 is 10.6 Å². The number of nitrogens with one attached hydrogen (secondary N) is 2. The summed E-state index contributed by atoms with van der Waals surface area (Å²) in [6.45, 7) is 0.873. The predicted octanol–water partition coefficient (Wildman–Crippen LogP) is 3.48. The lowest BCUT2D eigenvalue weighted by atomic mass is 9.76. The first-order valence-corrected chi connectivity index (χ1v) is 8.78. The quantitative estimate of drug-likeness (QED) is 0.872. The van der Waals surface area contributed by atoms with Gasteiger partial charge in [-0.05, 0) is 37.0 Å². The SMILES string of the molecule is O=C1CC[C@@H](CNC2(c3cccc(Br)c3)CCCCC2)N1. The predicted molar refractivity (Wildman–Crippen MR) is 88.1 cm³/mol. The van der Waals surface area contributed by atoms with Crippen molar-refractivity contribution in [2.24, 2.45) is 0 Å². The normalized spacial score (nSPS) is 24.8. The van der Waals surface area contributed by atoms with Gasteiger partial charge in [0.05, 0.1) is 0 Å². The van der Waals surface area contributed by atoms with E-state index in [1.54, 1.807) is 0 Å². The van der Waals surface area contributed by atoms with E-state index in [1.165, 1.54) is 37.7 Å². The molecule has 0 aromatic heterocycles. The zero-order chi connectivity index (χ0) is 14.7. The molecule has 2 fully saturated rings. The number of hydrogen-bond donors (Lipinski definition) is 2. The zero-order valence-electron chi connectivity index (χ0n) is 12.3. The Hall–Kier alpha value is -0.870. The summed E-state index contributed by atoms with van der Waals surface area (Å²) in [5.74, 6) is 0.196. The molecule has 1 aliphatic carbocycles. The number of benzene rings is 1. The molecule has 0 bridgehead atoms. The monoisotopic (exact) mass is 350 g/mol. The Morgan fingerprint density at radius 1 is 1.29 bits per heavy atom. The molecule has 0 radical (unpaired) electrons. The summed E-state index contributed by atoms with van der Waals surface area (Å²) in [5.41, 5.74) is 1.45. The van der Waals surface area contributed by atoms with Gasteiger partial charge in [-0.25, -0.2) is 0 Å². The molecule has 1 aromatic carbocycles. The highest BCUT2D eigenvalue weighted by Gasteiger charge is 2.34. The van der Waals surface area contributed by atoms with Crippen LogP contribution in [-0.4, -0.2) is 18.5 Å². The maximum atomic E-state index is 11.4. The molecule has 1 heterocycles. The molecule has 1 saturated carbocycles. The maximum absolute atomic E-state index is 11.4. The third-order valence-corrected chi connectivity index (χ3v) is 5.35. The average Bonchev–Trinajstić information content (AvgIpc) is 2.92. The fraction of sp³-hybridized carbons (Fsp3) is 0.588. The Labute approximate surface area is 135 Å². The molecule has 3 rings (SSSR count). The summed E-state index contributed by atoms with van der Waals surface area (Å²) in [5, 5.41) is 6.87. The van der Waals surface area contributed by atoms with Gasteiger partial charge in [0.2, 0.25) is 5.91 Å². The highest BCUT2D eigenvalue weighted by Crippen LogP contribution is 2.38. The van der Waals surface area contributed by atoms with Crippen molar-refractivity contribution in [1.82, 2.24) is 10.6 Å².